The Labute approximate surface area is 155 Å². The van der Waals surface area contributed by atoms with E-state index < -0.39 is 0 Å². The lowest BCUT2D eigenvalue weighted by atomic mass is 9.91. The average Bonchev–Trinajstić information content (AvgIpc) is 2.71. The second kappa shape index (κ2) is 7.90. The van der Waals surface area contributed by atoms with Gasteiger partial charge < -0.3 is 4.57 Å². The monoisotopic (exact) mass is 345 g/mol. The van der Waals surface area contributed by atoms with Gasteiger partial charge in [-0.2, -0.15) is 0 Å². The Morgan fingerprint density at radius 2 is 1.50 bits per heavy atom. The number of pyridine rings is 1. The molecule has 0 N–H and O–H groups in total. The molecule has 0 saturated carbocycles. The highest BCUT2D eigenvalue weighted by atomic mass is 16.1. The van der Waals surface area contributed by atoms with Crippen LogP contribution in [-0.4, -0.2) is 4.57 Å². The number of benzene rings is 1. The van der Waals surface area contributed by atoms with Gasteiger partial charge in [-0.3, -0.25) is 4.79 Å². The normalized spacial score (nSPS) is 17.5. The molecule has 0 bridgehead atoms. The fraction of sp³-hybridized carbons (Fsp3) is 0.375. The van der Waals surface area contributed by atoms with Crippen molar-refractivity contribution in [2.75, 3.05) is 0 Å². The highest BCUT2D eigenvalue weighted by Gasteiger charge is 2.16. The quantitative estimate of drug-likeness (QED) is 0.685. The van der Waals surface area contributed by atoms with Gasteiger partial charge in [-0.05, 0) is 79.7 Å². The fourth-order valence-corrected chi connectivity index (χ4v) is 4.15. The molecule has 2 aromatic rings. The molecule has 0 aliphatic heterocycles. The molecule has 0 spiro atoms. The first-order valence-electron chi connectivity index (χ1n) is 9.99. The topological polar surface area (TPSA) is 22.0 Å². The Morgan fingerprint density at radius 3 is 2.15 bits per heavy atom. The molecule has 134 valence electrons. The first kappa shape index (κ1) is 17.1. The maximum absolute atomic E-state index is 13.1. The Balaban J connectivity index is 1.80. The van der Waals surface area contributed by atoms with Crippen LogP contribution in [0.25, 0.3) is 11.1 Å². The molecule has 0 atom stereocenters. The molecule has 2 nitrogen and oxygen atoms in total. The molecule has 0 fully saturated rings. The summed E-state index contributed by atoms with van der Waals surface area (Å²) < 4.78 is 1.97. The zero-order valence-corrected chi connectivity index (χ0v) is 15.4. The summed E-state index contributed by atoms with van der Waals surface area (Å²) >= 11 is 0. The van der Waals surface area contributed by atoms with Crippen LogP contribution in [0.1, 0.15) is 68.2 Å². The molecule has 4 rings (SSSR count). The van der Waals surface area contributed by atoms with Gasteiger partial charge in [0, 0.05) is 11.8 Å². The Hall–Kier alpha value is -2.35. The SMILES string of the molecule is O=c1cc(C2=CCCCC2)cc(C2=CCCCC2)n1Cc1ccccc1. The maximum Gasteiger partial charge on any atom is 0.251 e. The highest BCUT2D eigenvalue weighted by Crippen LogP contribution is 2.31. The van der Waals surface area contributed by atoms with Crippen LogP contribution in [0.2, 0.25) is 0 Å². The molecule has 26 heavy (non-hydrogen) atoms. The molecule has 0 radical (unpaired) electrons. The zero-order chi connectivity index (χ0) is 17.8. The second-order valence-electron chi connectivity index (χ2n) is 7.49. The van der Waals surface area contributed by atoms with Gasteiger partial charge in [-0.25, -0.2) is 0 Å². The summed E-state index contributed by atoms with van der Waals surface area (Å²) in [6, 6.07) is 14.4. The minimum atomic E-state index is 0.124. The van der Waals surface area contributed by atoms with Crippen LogP contribution in [0, 0.1) is 0 Å². The van der Waals surface area contributed by atoms with Gasteiger partial charge in [0.15, 0.2) is 0 Å². The molecule has 0 unspecified atom stereocenters. The lowest BCUT2D eigenvalue weighted by molar-refractivity contribution is 0.706. The number of allylic oxidation sites excluding steroid dienone is 4. The molecule has 2 aliphatic rings. The summed E-state index contributed by atoms with van der Waals surface area (Å²) in [5.41, 5.74) is 6.28. The summed E-state index contributed by atoms with van der Waals surface area (Å²) in [6.45, 7) is 0.645. The Morgan fingerprint density at radius 1 is 0.808 bits per heavy atom. The predicted octanol–water partition coefficient (Wildman–Crippen LogP) is 5.81. The van der Waals surface area contributed by atoms with Crippen molar-refractivity contribution < 1.29 is 0 Å². The van der Waals surface area contributed by atoms with E-state index in [1.54, 1.807) is 0 Å². The third-order valence-corrected chi connectivity index (χ3v) is 5.59. The van der Waals surface area contributed by atoms with Crippen LogP contribution < -0.4 is 5.56 Å². The standard InChI is InChI=1S/C24H27NO/c26-24-17-22(20-12-6-2-7-13-20)16-23(21-14-8-3-9-15-21)25(24)18-19-10-4-1-5-11-19/h1,4-5,10-12,14,16-17H,2-3,6-9,13,15,18H2. The van der Waals surface area contributed by atoms with Crippen molar-refractivity contribution in [3.63, 3.8) is 0 Å². The van der Waals surface area contributed by atoms with Crippen molar-refractivity contribution in [2.24, 2.45) is 0 Å². The molecule has 1 aromatic heterocycles. The summed E-state index contributed by atoms with van der Waals surface area (Å²) in [5.74, 6) is 0. The van der Waals surface area contributed by atoms with E-state index in [1.807, 2.05) is 28.8 Å². The summed E-state index contributed by atoms with van der Waals surface area (Å²) in [6.07, 6.45) is 14.1. The van der Waals surface area contributed by atoms with Crippen molar-refractivity contribution in [3.8, 4) is 0 Å². The lowest BCUT2D eigenvalue weighted by Gasteiger charge is -2.21. The Kier molecular flexibility index (Phi) is 5.19. The van der Waals surface area contributed by atoms with E-state index in [4.69, 9.17) is 0 Å². The number of hydrogen-bond acceptors (Lipinski definition) is 1. The molecular weight excluding hydrogens is 318 g/mol. The molecule has 2 heteroatoms. The molecule has 1 aromatic carbocycles. The van der Waals surface area contributed by atoms with Gasteiger partial charge in [-0.15, -0.1) is 0 Å². The fourth-order valence-electron chi connectivity index (χ4n) is 4.15. The Bertz CT molecular complexity index is 886. The maximum atomic E-state index is 13.1. The number of hydrogen-bond donors (Lipinski definition) is 0. The second-order valence-corrected chi connectivity index (χ2v) is 7.49. The van der Waals surface area contributed by atoms with Crippen LogP contribution in [-0.2, 0) is 6.54 Å². The highest BCUT2D eigenvalue weighted by molar-refractivity contribution is 5.71. The third kappa shape index (κ3) is 3.75. The minimum Gasteiger partial charge on any atom is -0.304 e. The van der Waals surface area contributed by atoms with E-state index in [2.05, 4.69) is 30.4 Å². The van der Waals surface area contributed by atoms with Gasteiger partial charge in [-0.1, -0.05) is 42.5 Å². The first-order chi connectivity index (χ1) is 12.8. The molecule has 2 aliphatic carbocycles. The summed E-state index contributed by atoms with van der Waals surface area (Å²) in [5, 5.41) is 0. The molecule has 1 heterocycles. The van der Waals surface area contributed by atoms with Gasteiger partial charge in [0.05, 0.1) is 6.54 Å². The van der Waals surface area contributed by atoms with E-state index in [-0.39, 0.29) is 5.56 Å². The van der Waals surface area contributed by atoms with Crippen LogP contribution in [0.15, 0.2) is 59.4 Å². The van der Waals surface area contributed by atoms with E-state index in [9.17, 15) is 4.79 Å². The number of nitrogens with zero attached hydrogens (tertiary/aromatic N) is 1. The van der Waals surface area contributed by atoms with Crippen LogP contribution in [0.5, 0.6) is 0 Å². The number of rotatable bonds is 4. The smallest absolute Gasteiger partial charge is 0.251 e. The number of aromatic nitrogens is 1. The van der Waals surface area contributed by atoms with Crippen LogP contribution >= 0.6 is 0 Å². The third-order valence-electron chi connectivity index (χ3n) is 5.59. The van der Waals surface area contributed by atoms with E-state index in [1.165, 1.54) is 42.4 Å². The summed E-state index contributed by atoms with van der Waals surface area (Å²) in [4.78, 5) is 13.1. The zero-order valence-electron chi connectivity index (χ0n) is 15.4. The molecule has 0 saturated heterocycles. The minimum absolute atomic E-state index is 0.124. The van der Waals surface area contributed by atoms with Crippen molar-refractivity contribution >= 4 is 11.1 Å². The van der Waals surface area contributed by atoms with Crippen molar-refractivity contribution in [1.29, 1.82) is 0 Å². The predicted molar refractivity (Wildman–Crippen MR) is 109 cm³/mol. The lowest BCUT2D eigenvalue weighted by Crippen LogP contribution is -2.24. The van der Waals surface area contributed by atoms with Crippen LogP contribution in [0.4, 0.5) is 0 Å². The first-order valence-corrected chi connectivity index (χ1v) is 9.99. The van der Waals surface area contributed by atoms with Crippen molar-refractivity contribution in [3.05, 3.63) is 81.8 Å². The van der Waals surface area contributed by atoms with Crippen LogP contribution in [0.3, 0.4) is 0 Å². The van der Waals surface area contributed by atoms with E-state index in [0.29, 0.717) is 6.54 Å². The summed E-state index contributed by atoms with van der Waals surface area (Å²) in [7, 11) is 0. The van der Waals surface area contributed by atoms with E-state index >= 15 is 0 Å². The van der Waals surface area contributed by atoms with Gasteiger partial charge in [0.1, 0.15) is 0 Å². The van der Waals surface area contributed by atoms with Crippen molar-refractivity contribution in [2.45, 2.75) is 57.9 Å². The molecular formula is C24H27NO. The molecule has 0 amide bonds. The average molecular weight is 345 g/mol. The van der Waals surface area contributed by atoms with E-state index in [0.717, 1.165) is 36.9 Å². The van der Waals surface area contributed by atoms with Gasteiger partial charge in [0.25, 0.3) is 5.56 Å². The van der Waals surface area contributed by atoms with Crippen molar-refractivity contribution in [1.82, 2.24) is 4.57 Å². The van der Waals surface area contributed by atoms with Gasteiger partial charge in [0.2, 0.25) is 0 Å². The van der Waals surface area contributed by atoms with Gasteiger partial charge >= 0.3 is 0 Å². The largest absolute Gasteiger partial charge is 0.304 e.